The Hall–Kier alpha value is -2.14. The summed E-state index contributed by atoms with van der Waals surface area (Å²) in [4.78, 5) is 10.7. The van der Waals surface area contributed by atoms with Gasteiger partial charge in [0, 0.05) is 18.7 Å². The number of aryl methyl sites for hydroxylation is 2. The average molecular weight is 309 g/mol. The molecule has 0 amide bonds. The first-order valence-electron chi connectivity index (χ1n) is 8.41. The van der Waals surface area contributed by atoms with Crippen molar-refractivity contribution in [3.05, 3.63) is 34.5 Å². The predicted octanol–water partition coefficient (Wildman–Crippen LogP) is 3.34. The molecule has 0 aliphatic carbocycles. The molecule has 0 radical (unpaired) electrons. The number of nitrogens with zero attached hydrogens (tertiary/aromatic N) is 3. The minimum Gasteiger partial charge on any atom is -0.337 e. The maximum Gasteiger partial charge on any atom is 0.159 e. The Balaban J connectivity index is 1.72. The summed E-state index contributed by atoms with van der Waals surface area (Å²) >= 11 is 0. The monoisotopic (exact) mass is 309 g/mol. The standard InChI is InChI=1S/C18H23N5/c1-4-6-23-7-5-13-16(10-23)21-22-17(13)18-19-14-8-11(2)12(3)9-15(14)20-18/h8-9H,4-7,10H2,1-3H3,(H,19,20)(H,21,22). The zero-order valence-electron chi connectivity index (χ0n) is 14.0. The van der Waals surface area contributed by atoms with Crippen LogP contribution in [-0.2, 0) is 13.0 Å². The van der Waals surface area contributed by atoms with E-state index < -0.39 is 0 Å². The van der Waals surface area contributed by atoms with E-state index in [0.29, 0.717) is 0 Å². The fourth-order valence-corrected chi connectivity index (χ4v) is 3.46. The van der Waals surface area contributed by atoms with E-state index in [9.17, 15) is 0 Å². The van der Waals surface area contributed by atoms with E-state index in [1.54, 1.807) is 0 Å². The van der Waals surface area contributed by atoms with Crippen LogP contribution in [0.2, 0.25) is 0 Å². The maximum atomic E-state index is 4.77. The summed E-state index contributed by atoms with van der Waals surface area (Å²) in [6, 6.07) is 4.32. The molecule has 0 unspecified atom stereocenters. The molecule has 0 spiro atoms. The Morgan fingerprint density at radius 3 is 2.87 bits per heavy atom. The number of rotatable bonds is 3. The Morgan fingerprint density at radius 1 is 1.22 bits per heavy atom. The molecule has 1 aliphatic rings. The van der Waals surface area contributed by atoms with E-state index in [4.69, 9.17) is 4.98 Å². The molecule has 5 nitrogen and oxygen atoms in total. The quantitative estimate of drug-likeness (QED) is 0.780. The number of hydrogen-bond donors (Lipinski definition) is 2. The van der Waals surface area contributed by atoms with Gasteiger partial charge in [0.05, 0.1) is 16.7 Å². The lowest BCUT2D eigenvalue weighted by atomic mass is 10.0. The van der Waals surface area contributed by atoms with Crippen LogP contribution in [0.3, 0.4) is 0 Å². The highest BCUT2D eigenvalue weighted by atomic mass is 15.2. The number of aromatic nitrogens is 4. The van der Waals surface area contributed by atoms with Gasteiger partial charge < -0.3 is 4.98 Å². The second-order valence-corrected chi connectivity index (χ2v) is 6.59. The van der Waals surface area contributed by atoms with E-state index in [0.717, 1.165) is 48.6 Å². The molecule has 2 N–H and O–H groups in total. The molecule has 120 valence electrons. The summed E-state index contributed by atoms with van der Waals surface area (Å²) in [7, 11) is 0. The van der Waals surface area contributed by atoms with Gasteiger partial charge >= 0.3 is 0 Å². The second-order valence-electron chi connectivity index (χ2n) is 6.59. The predicted molar refractivity (Wildman–Crippen MR) is 92.4 cm³/mol. The molecule has 0 saturated carbocycles. The molecule has 1 aromatic carbocycles. The number of aromatic amines is 2. The zero-order chi connectivity index (χ0) is 16.0. The molecule has 0 fully saturated rings. The van der Waals surface area contributed by atoms with Crippen molar-refractivity contribution in [1.29, 1.82) is 0 Å². The van der Waals surface area contributed by atoms with Crippen molar-refractivity contribution in [3.8, 4) is 11.5 Å². The molecule has 3 aromatic rings. The molecular formula is C18H23N5. The Kier molecular flexibility index (Phi) is 3.45. The highest BCUT2D eigenvalue weighted by Gasteiger charge is 2.23. The van der Waals surface area contributed by atoms with Gasteiger partial charge in [-0.05, 0) is 56.5 Å². The minimum atomic E-state index is 0.881. The van der Waals surface area contributed by atoms with Crippen molar-refractivity contribution in [2.24, 2.45) is 0 Å². The molecule has 23 heavy (non-hydrogen) atoms. The Labute approximate surface area is 136 Å². The third-order valence-corrected chi connectivity index (χ3v) is 4.87. The summed E-state index contributed by atoms with van der Waals surface area (Å²) in [5, 5.41) is 7.79. The van der Waals surface area contributed by atoms with Crippen LogP contribution in [0.4, 0.5) is 0 Å². The van der Waals surface area contributed by atoms with Gasteiger partial charge in [-0.2, -0.15) is 5.10 Å². The average Bonchev–Trinajstić information content (AvgIpc) is 3.11. The van der Waals surface area contributed by atoms with E-state index in [2.05, 4.69) is 53.0 Å². The van der Waals surface area contributed by atoms with E-state index >= 15 is 0 Å². The van der Waals surface area contributed by atoms with Crippen LogP contribution < -0.4 is 0 Å². The molecule has 2 aromatic heterocycles. The number of nitrogens with one attached hydrogen (secondary N) is 2. The molecular weight excluding hydrogens is 286 g/mol. The summed E-state index contributed by atoms with van der Waals surface area (Å²) in [5.74, 6) is 0.881. The van der Waals surface area contributed by atoms with Gasteiger partial charge in [-0.15, -0.1) is 0 Å². The topological polar surface area (TPSA) is 60.6 Å². The van der Waals surface area contributed by atoms with Gasteiger partial charge in [-0.1, -0.05) is 6.92 Å². The molecule has 1 aliphatic heterocycles. The summed E-state index contributed by atoms with van der Waals surface area (Å²) in [6.45, 7) is 9.71. The van der Waals surface area contributed by atoms with Crippen molar-refractivity contribution in [2.45, 2.75) is 40.2 Å². The lowest BCUT2D eigenvalue weighted by Crippen LogP contribution is -2.31. The van der Waals surface area contributed by atoms with Crippen LogP contribution in [0.15, 0.2) is 12.1 Å². The Bertz CT molecular complexity index is 819. The smallest absolute Gasteiger partial charge is 0.159 e. The summed E-state index contributed by atoms with van der Waals surface area (Å²) < 4.78 is 0. The van der Waals surface area contributed by atoms with Crippen LogP contribution in [0, 0.1) is 13.8 Å². The first-order chi connectivity index (χ1) is 11.2. The normalized spacial score (nSPS) is 15.3. The molecule has 5 heteroatoms. The van der Waals surface area contributed by atoms with E-state index in [1.807, 2.05) is 0 Å². The number of fused-ring (bicyclic) bond motifs is 2. The maximum absolute atomic E-state index is 4.77. The molecule has 3 heterocycles. The molecule has 0 atom stereocenters. The highest BCUT2D eigenvalue weighted by molar-refractivity contribution is 5.81. The SMILES string of the molecule is CCCN1CCc2c(-c3nc4cc(C)c(C)cc4[nH]3)n[nH]c2C1. The van der Waals surface area contributed by atoms with Gasteiger partial charge in [-0.3, -0.25) is 10.00 Å². The van der Waals surface area contributed by atoms with Gasteiger partial charge in [0.15, 0.2) is 5.82 Å². The minimum absolute atomic E-state index is 0.881. The zero-order valence-corrected chi connectivity index (χ0v) is 14.0. The van der Waals surface area contributed by atoms with Gasteiger partial charge in [0.1, 0.15) is 5.69 Å². The number of H-pyrrole nitrogens is 2. The fraction of sp³-hybridized carbons (Fsp3) is 0.444. The van der Waals surface area contributed by atoms with Crippen LogP contribution >= 0.6 is 0 Å². The lowest BCUT2D eigenvalue weighted by molar-refractivity contribution is 0.252. The third-order valence-electron chi connectivity index (χ3n) is 4.87. The number of imidazole rings is 1. The first-order valence-corrected chi connectivity index (χ1v) is 8.41. The van der Waals surface area contributed by atoms with Crippen molar-refractivity contribution < 1.29 is 0 Å². The van der Waals surface area contributed by atoms with Crippen molar-refractivity contribution in [2.75, 3.05) is 13.1 Å². The number of hydrogen-bond acceptors (Lipinski definition) is 3. The van der Waals surface area contributed by atoms with Crippen molar-refractivity contribution in [1.82, 2.24) is 25.1 Å². The molecule has 0 saturated heterocycles. The van der Waals surface area contributed by atoms with Gasteiger partial charge in [-0.25, -0.2) is 4.98 Å². The van der Waals surface area contributed by atoms with Crippen molar-refractivity contribution >= 4 is 11.0 Å². The van der Waals surface area contributed by atoms with Crippen molar-refractivity contribution in [3.63, 3.8) is 0 Å². The second kappa shape index (κ2) is 5.49. The van der Waals surface area contributed by atoms with Crippen LogP contribution in [0.1, 0.15) is 35.7 Å². The van der Waals surface area contributed by atoms with Crippen LogP contribution in [0.5, 0.6) is 0 Å². The van der Waals surface area contributed by atoms with E-state index in [-0.39, 0.29) is 0 Å². The largest absolute Gasteiger partial charge is 0.337 e. The summed E-state index contributed by atoms with van der Waals surface area (Å²) in [6.07, 6.45) is 2.23. The first kappa shape index (κ1) is 14.5. The molecule has 4 rings (SSSR count). The van der Waals surface area contributed by atoms with Gasteiger partial charge in [0.2, 0.25) is 0 Å². The third kappa shape index (κ3) is 2.45. The van der Waals surface area contributed by atoms with Crippen LogP contribution in [0.25, 0.3) is 22.6 Å². The Morgan fingerprint density at radius 2 is 2.04 bits per heavy atom. The fourth-order valence-electron chi connectivity index (χ4n) is 3.46. The van der Waals surface area contributed by atoms with Crippen LogP contribution in [-0.4, -0.2) is 38.2 Å². The summed E-state index contributed by atoms with van der Waals surface area (Å²) in [5.41, 5.74) is 8.22. The molecule has 0 bridgehead atoms. The lowest BCUT2D eigenvalue weighted by Gasteiger charge is -2.25. The van der Waals surface area contributed by atoms with E-state index in [1.165, 1.54) is 28.8 Å². The number of benzene rings is 1. The highest BCUT2D eigenvalue weighted by Crippen LogP contribution is 2.28. The van der Waals surface area contributed by atoms with Gasteiger partial charge in [0.25, 0.3) is 0 Å².